The lowest BCUT2D eigenvalue weighted by Crippen LogP contribution is -2.43. The van der Waals surface area contributed by atoms with Gasteiger partial charge in [-0.3, -0.25) is 14.5 Å². The number of halogens is 1. The lowest BCUT2D eigenvalue weighted by molar-refractivity contribution is -0.121. The maximum Gasteiger partial charge on any atom is 0.232 e. The molecule has 0 bridgehead atoms. The van der Waals surface area contributed by atoms with Gasteiger partial charge in [0.05, 0.1) is 0 Å². The van der Waals surface area contributed by atoms with Gasteiger partial charge in [-0.2, -0.15) is 0 Å². The van der Waals surface area contributed by atoms with Crippen LogP contribution >= 0.6 is 11.8 Å². The van der Waals surface area contributed by atoms with E-state index >= 15 is 0 Å². The van der Waals surface area contributed by atoms with Gasteiger partial charge >= 0.3 is 0 Å². The third kappa shape index (κ3) is 3.76. The summed E-state index contributed by atoms with van der Waals surface area (Å²) in [6.45, 7) is 4.11. The summed E-state index contributed by atoms with van der Waals surface area (Å²) in [5.41, 5.74) is 2.90. The molecule has 1 aliphatic carbocycles. The zero-order chi connectivity index (χ0) is 20.8. The monoisotopic (exact) mass is 409 g/mol. The third-order valence-electron chi connectivity index (χ3n) is 5.75. The predicted octanol–water partition coefficient (Wildman–Crippen LogP) is 5.71. The maximum atomic E-state index is 13.4. The zero-order valence-corrected chi connectivity index (χ0v) is 17.7. The second-order valence-corrected chi connectivity index (χ2v) is 9.42. The molecule has 1 amide bonds. The molecule has 4 rings (SSSR count). The highest BCUT2D eigenvalue weighted by atomic mass is 32.2. The highest BCUT2D eigenvalue weighted by molar-refractivity contribution is 7.98. The van der Waals surface area contributed by atoms with Crippen LogP contribution in [0.25, 0.3) is 0 Å². The van der Waals surface area contributed by atoms with Crippen molar-refractivity contribution in [3.05, 3.63) is 71.2 Å². The standard InChI is InChI=1S/C24H24FNO2S/c1-24(2)13-20-23(21(27)14-24)19(15-4-10-18(29-3)11-5-15)12-22(28)26(20)17-8-6-16(25)7-9-17/h4-11,19H,12-14H2,1-3H3. The van der Waals surface area contributed by atoms with Crippen molar-refractivity contribution >= 4 is 29.1 Å². The number of hydrogen-bond acceptors (Lipinski definition) is 3. The van der Waals surface area contributed by atoms with E-state index in [1.54, 1.807) is 28.8 Å². The van der Waals surface area contributed by atoms with Crippen molar-refractivity contribution in [2.45, 2.75) is 43.9 Å². The summed E-state index contributed by atoms with van der Waals surface area (Å²) in [7, 11) is 0. The van der Waals surface area contributed by atoms with Crippen LogP contribution in [0.1, 0.15) is 44.6 Å². The molecule has 0 aromatic heterocycles. The van der Waals surface area contributed by atoms with Gasteiger partial charge in [0.15, 0.2) is 5.78 Å². The maximum absolute atomic E-state index is 13.4. The SMILES string of the molecule is CSc1ccc(C2CC(=O)N(c3ccc(F)cc3)C3=C2C(=O)CC(C)(C)C3)cc1. The van der Waals surface area contributed by atoms with Crippen LogP contribution < -0.4 is 4.90 Å². The Balaban J connectivity index is 1.85. The molecular formula is C24H24FNO2S. The van der Waals surface area contributed by atoms with Crippen molar-refractivity contribution in [2.75, 3.05) is 11.2 Å². The van der Waals surface area contributed by atoms with Gasteiger partial charge in [0.2, 0.25) is 5.91 Å². The third-order valence-corrected chi connectivity index (χ3v) is 6.49. The molecule has 0 saturated heterocycles. The fourth-order valence-electron chi connectivity index (χ4n) is 4.43. The predicted molar refractivity (Wildman–Crippen MR) is 115 cm³/mol. The molecule has 1 heterocycles. The number of anilines is 1. The first-order valence-corrected chi connectivity index (χ1v) is 11.0. The Morgan fingerprint density at radius 2 is 1.66 bits per heavy atom. The Hall–Kier alpha value is -2.40. The number of allylic oxidation sites excluding steroid dienone is 2. The highest BCUT2D eigenvalue weighted by Gasteiger charge is 2.44. The van der Waals surface area contributed by atoms with E-state index in [1.165, 1.54) is 12.1 Å². The van der Waals surface area contributed by atoms with Crippen LogP contribution in [0.2, 0.25) is 0 Å². The van der Waals surface area contributed by atoms with Crippen molar-refractivity contribution in [1.29, 1.82) is 0 Å². The molecule has 29 heavy (non-hydrogen) atoms. The second kappa shape index (κ2) is 7.45. The lowest BCUT2D eigenvalue weighted by atomic mass is 9.69. The molecule has 2 aliphatic rings. The smallest absolute Gasteiger partial charge is 0.232 e. The minimum atomic E-state index is -0.348. The van der Waals surface area contributed by atoms with Crippen molar-refractivity contribution < 1.29 is 14.0 Å². The van der Waals surface area contributed by atoms with Gasteiger partial charge in [-0.15, -0.1) is 11.8 Å². The number of carbonyl (C=O) groups excluding carboxylic acids is 2. The van der Waals surface area contributed by atoms with Crippen LogP contribution in [0.3, 0.4) is 0 Å². The number of rotatable bonds is 3. The first-order valence-electron chi connectivity index (χ1n) is 9.78. The normalized spacial score (nSPS) is 21.4. The van der Waals surface area contributed by atoms with Gasteiger partial charge in [0.1, 0.15) is 5.82 Å². The van der Waals surface area contributed by atoms with Gasteiger partial charge in [0, 0.05) is 40.6 Å². The summed E-state index contributed by atoms with van der Waals surface area (Å²) in [5.74, 6) is -0.525. The molecule has 0 N–H and O–H groups in total. The van der Waals surface area contributed by atoms with Crippen molar-refractivity contribution in [3.63, 3.8) is 0 Å². The molecule has 1 atom stereocenters. The Kier molecular flexibility index (Phi) is 5.11. The Labute approximate surface area is 175 Å². The van der Waals surface area contributed by atoms with Crippen LogP contribution in [-0.4, -0.2) is 17.9 Å². The molecule has 1 unspecified atom stereocenters. The quantitative estimate of drug-likeness (QED) is 0.609. The van der Waals surface area contributed by atoms with Crippen LogP contribution in [0.4, 0.5) is 10.1 Å². The molecule has 0 spiro atoms. The molecule has 2 aromatic carbocycles. The fourth-order valence-corrected chi connectivity index (χ4v) is 4.83. The molecule has 2 aromatic rings. The van der Waals surface area contributed by atoms with Crippen LogP contribution in [0.5, 0.6) is 0 Å². The Morgan fingerprint density at radius 1 is 1.00 bits per heavy atom. The van der Waals surface area contributed by atoms with Crippen molar-refractivity contribution in [3.8, 4) is 0 Å². The second-order valence-electron chi connectivity index (χ2n) is 8.54. The van der Waals surface area contributed by atoms with E-state index < -0.39 is 0 Å². The number of hydrogen-bond donors (Lipinski definition) is 0. The molecule has 0 fully saturated rings. The van der Waals surface area contributed by atoms with Gasteiger partial charge in [0.25, 0.3) is 0 Å². The van der Waals surface area contributed by atoms with E-state index in [1.807, 2.05) is 30.5 Å². The summed E-state index contributed by atoms with van der Waals surface area (Å²) >= 11 is 1.66. The largest absolute Gasteiger partial charge is 0.294 e. The number of carbonyl (C=O) groups is 2. The van der Waals surface area contributed by atoms with E-state index in [0.717, 1.165) is 21.7 Å². The van der Waals surface area contributed by atoms with Gasteiger partial charge < -0.3 is 0 Å². The average molecular weight is 410 g/mol. The molecule has 3 nitrogen and oxygen atoms in total. The van der Waals surface area contributed by atoms with Crippen LogP contribution in [0, 0.1) is 11.2 Å². The number of benzene rings is 2. The summed E-state index contributed by atoms with van der Waals surface area (Å²) in [4.78, 5) is 29.3. The lowest BCUT2D eigenvalue weighted by Gasteiger charge is -2.43. The van der Waals surface area contributed by atoms with Gasteiger partial charge in [-0.1, -0.05) is 26.0 Å². The van der Waals surface area contributed by atoms with E-state index in [4.69, 9.17) is 0 Å². The summed E-state index contributed by atoms with van der Waals surface area (Å²) in [6, 6.07) is 14.0. The van der Waals surface area contributed by atoms with Crippen molar-refractivity contribution in [2.24, 2.45) is 5.41 Å². The number of amides is 1. The van der Waals surface area contributed by atoms with E-state index in [9.17, 15) is 14.0 Å². The molecule has 0 saturated carbocycles. The van der Waals surface area contributed by atoms with Gasteiger partial charge in [-0.05, 0) is 60.1 Å². The summed E-state index contributed by atoms with van der Waals surface area (Å²) < 4.78 is 13.4. The summed E-state index contributed by atoms with van der Waals surface area (Å²) in [5, 5.41) is 0. The molecule has 1 aliphatic heterocycles. The minimum absolute atomic E-state index is 0.0557. The minimum Gasteiger partial charge on any atom is -0.294 e. The molecule has 150 valence electrons. The number of nitrogens with zero attached hydrogens (tertiary/aromatic N) is 1. The fraction of sp³-hybridized carbons (Fsp3) is 0.333. The first kappa shape index (κ1) is 19.9. The Bertz CT molecular complexity index is 993. The topological polar surface area (TPSA) is 37.4 Å². The van der Waals surface area contributed by atoms with Crippen LogP contribution in [0.15, 0.2) is 64.7 Å². The number of thioether (sulfide) groups is 1. The molecular weight excluding hydrogens is 385 g/mol. The Morgan fingerprint density at radius 3 is 2.28 bits per heavy atom. The van der Waals surface area contributed by atoms with E-state index in [0.29, 0.717) is 18.5 Å². The van der Waals surface area contributed by atoms with E-state index in [2.05, 4.69) is 13.8 Å². The molecule has 0 radical (unpaired) electrons. The number of ketones is 1. The van der Waals surface area contributed by atoms with Gasteiger partial charge in [-0.25, -0.2) is 4.39 Å². The van der Waals surface area contributed by atoms with E-state index in [-0.39, 0.29) is 35.3 Å². The van der Waals surface area contributed by atoms with Crippen molar-refractivity contribution in [1.82, 2.24) is 0 Å². The average Bonchev–Trinajstić information content (AvgIpc) is 2.67. The first-order chi connectivity index (χ1) is 13.8. The van der Waals surface area contributed by atoms with Crippen LogP contribution in [-0.2, 0) is 9.59 Å². The molecule has 5 heteroatoms. The summed E-state index contributed by atoms with van der Waals surface area (Å²) in [6.07, 6.45) is 3.36. The zero-order valence-electron chi connectivity index (χ0n) is 16.9. The highest BCUT2D eigenvalue weighted by Crippen LogP contribution is 2.48. The number of Topliss-reactive ketones (excluding diaryl/α,β-unsaturated/α-hetero) is 1.